The fourth-order valence-electron chi connectivity index (χ4n) is 3.01. The van der Waals surface area contributed by atoms with Crippen molar-refractivity contribution >= 4 is 22.8 Å². The fourth-order valence-corrected chi connectivity index (χ4v) is 3.01. The van der Waals surface area contributed by atoms with E-state index in [9.17, 15) is 9.59 Å². The molecular formula is C22H24N2O5. The zero-order chi connectivity index (χ0) is 20.6. The van der Waals surface area contributed by atoms with Gasteiger partial charge in [0.15, 0.2) is 18.1 Å². The molecule has 2 aromatic carbocycles. The number of hydrogen-bond acceptors (Lipinski definition) is 5. The van der Waals surface area contributed by atoms with Crippen LogP contribution in [0.5, 0.6) is 11.5 Å². The minimum absolute atomic E-state index is 0.289. The van der Waals surface area contributed by atoms with Gasteiger partial charge in [-0.25, -0.2) is 4.79 Å². The Bertz CT molecular complexity index is 996. The Kier molecular flexibility index (Phi) is 6.73. The van der Waals surface area contributed by atoms with E-state index in [-0.39, 0.29) is 18.1 Å². The number of methoxy groups -OCH3 is 1. The standard InChI is InChI=1S/C22H24N2O5/c1-3-28-19-9-8-15(12-20(19)27-2)22(26)29-14-21(25)23-11-10-16-13-24-18-7-5-4-6-17(16)18/h4-9,12-13,24H,3,10-11,14H2,1-2H3,(H,23,25). The molecule has 0 aliphatic heterocycles. The Morgan fingerprint density at radius 3 is 2.72 bits per heavy atom. The Morgan fingerprint density at radius 2 is 1.93 bits per heavy atom. The number of carbonyl (C=O) groups excluding carboxylic acids is 2. The summed E-state index contributed by atoms with van der Waals surface area (Å²) in [6.07, 6.45) is 2.62. The molecule has 7 heteroatoms. The Balaban J connectivity index is 1.47. The van der Waals surface area contributed by atoms with Crippen LogP contribution in [0.15, 0.2) is 48.7 Å². The van der Waals surface area contributed by atoms with Gasteiger partial charge in [-0.3, -0.25) is 4.79 Å². The summed E-state index contributed by atoms with van der Waals surface area (Å²) in [5.41, 5.74) is 2.48. The maximum absolute atomic E-state index is 12.2. The lowest BCUT2D eigenvalue weighted by Crippen LogP contribution is -2.30. The van der Waals surface area contributed by atoms with Crippen molar-refractivity contribution in [3.05, 3.63) is 59.8 Å². The van der Waals surface area contributed by atoms with Crippen LogP contribution in [0.1, 0.15) is 22.8 Å². The molecule has 0 unspecified atom stereocenters. The van der Waals surface area contributed by atoms with Crippen LogP contribution in [0.2, 0.25) is 0 Å². The molecule has 0 bridgehead atoms. The Hall–Kier alpha value is -3.48. The van der Waals surface area contributed by atoms with Crippen molar-refractivity contribution in [3.8, 4) is 11.5 Å². The number of ether oxygens (including phenoxy) is 3. The quantitative estimate of drug-likeness (QED) is 0.543. The second kappa shape index (κ2) is 9.64. The van der Waals surface area contributed by atoms with E-state index >= 15 is 0 Å². The van der Waals surface area contributed by atoms with Crippen LogP contribution in [-0.4, -0.2) is 43.7 Å². The van der Waals surface area contributed by atoms with Gasteiger partial charge in [0.05, 0.1) is 19.3 Å². The second-order valence-corrected chi connectivity index (χ2v) is 6.33. The molecule has 0 aliphatic carbocycles. The highest BCUT2D eigenvalue weighted by Gasteiger charge is 2.14. The first kappa shape index (κ1) is 20.3. The summed E-state index contributed by atoms with van der Waals surface area (Å²) in [6.45, 7) is 2.45. The van der Waals surface area contributed by atoms with Crippen molar-refractivity contribution in [3.63, 3.8) is 0 Å². The lowest BCUT2D eigenvalue weighted by molar-refractivity contribution is -0.124. The third-order valence-corrected chi connectivity index (χ3v) is 4.42. The van der Waals surface area contributed by atoms with Crippen LogP contribution in [0.4, 0.5) is 0 Å². The number of rotatable bonds is 9. The SMILES string of the molecule is CCOc1ccc(C(=O)OCC(=O)NCCc2c[nH]c3ccccc23)cc1OC. The molecule has 0 fully saturated rings. The van der Waals surface area contributed by atoms with Gasteiger partial charge in [0, 0.05) is 23.6 Å². The molecule has 1 amide bonds. The smallest absolute Gasteiger partial charge is 0.338 e. The number of fused-ring (bicyclic) bond motifs is 1. The summed E-state index contributed by atoms with van der Waals surface area (Å²) in [5, 5.41) is 3.90. The zero-order valence-corrected chi connectivity index (χ0v) is 16.5. The first-order valence-electron chi connectivity index (χ1n) is 9.42. The molecule has 0 saturated carbocycles. The number of hydrogen-bond donors (Lipinski definition) is 2. The number of para-hydroxylation sites is 1. The van der Waals surface area contributed by atoms with Gasteiger partial charge in [-0.05, 0) is 43.2 Å². The van der Waals surface area contributed by atoms with E-state index in [0.717, 1.165) is 16.5 Å². The monoisotopic (exact) mass is 396 g/mol. The first-order chi connectivity index (χ1) is 14.1. The van der Waals surface area contributed by atoms with Crippen LogP contribution in [-0.2, 0) is 16.0 Å². The molecule has 152 valence electrons. The van der Waals surface area contributed by atoms with Crippen molar-refractivity contribution in [2.75, 3.05) is 26.9 Å². The number of aromatic nitrogens is 1. The number of esters is 1. The second-order valence-electron chi connectivity index (χ2n) is 6.33. The summed E-state index contributed by atoms with van der Waals surface area (Å²) in [6, 6.07) is 12.7. The van der Waals surface area contributed by atoms with E-state index in [4.69, 9.17) is 14.2 Å². The number of aromatic amines is 1. The molecule has 2 N–H and O–H groups in total. The van der Waals surface area contributed by atoms with E-state index < -0.39 is 5.97 Å². The van der Waals surface area contributed by atoms with E-state index in [1.165, 1.54) is 13.2 Å². The van der Waals surface area contributed by atoms with Crippen LogP contribution >= 0.6 is 0 Å². The molecule has 0 radical (unpaired) electrons. The van der Waals surface area contributed by atoms with Gasteiger partial charge in [0.25, 0.3) is 5.91 Å². The summed E-state index contributed by atoms with van der Waals surface area (Å²) in [5.74, 6) is 0.0280. The highest BCUT2D eigenvalue weighted by Crippen LogP contribution is 2.28. The highest BCUT2D eigenvalue weighted by atomic mass is 16.5. The van der Waals surface area contributed by atoms with E-state index in [1.807, 2.05) is 37.4 Å². The number of carbonyl (C=O) groups is 2. The van der Waals surface area contributed by atoms with Crippen LogP contribution in [0.25, 0.3) is 10.9 Å². The molecule has 3 rings (SSSR count). The Morgan fingerprint density at radius 1 is 1.10 bits per heavy atom. The molecular weight excluding hydrogens is 372 g/mol. The van der Waals surface area contributed by atoms with Crippen LogP contribution in [0, 0.1) is 0 Å². The minimum atomic E-state index is -0.599. The summed E-state index contributed by atoms with van der Waals surface area (Å²) >= 11 is 0. The molecule has 3 aromatic rings. The summed E-state index contributed by atoms with van der Waals surface area (Å²) < 4.78 is 15.7. The third-order valence-electron chi connectivity index (χ3n) is 4.42. The molecule has 0 spiro atoms. The van der Waals surface area contributed by atoms with E-state index in [0.29, 0.717) is 31.1 Å². The average molecular weight is 396 g/mol. The van der Waals surface area contributed by atoms with E-state index in [2.05, 4.69) is 10.3 Å². The van der Waals surface area contributed by atoms with Crippen molar-refractivity contribution in [2.45, 2.75) is 13.3 Å². The predicted molar refractivity (Wildman–Crippen MR) is 109 cm³/mol. The maximum atomic E-state index is 12.2. The van der Waals surface area contributed by atoms with Crippen molar-refractivity contribution in [1.29, 1.82) is 0 Å². The highest BCUT2D eigenvalue weighted by molar-refractivity contribution is 5.92. The predicted octanol–water partition coefficient (Wildman–Crippen LogP) is 3.09. The number of benzene rings is 2. The van der Waals surface area contributed by atoms with Crippen molar-refractivity contribution in [1.82, 2.24) is 10.3 Å². The van der Waals surface area contributed by atoms with Gasteiger partial charge in [0.2, 0.25) is 0 Å². The Labute approximate surface area is 169 Å². The summed E-state index contributed by atoms with van der Waals surface area (Å²) in [4.78, 5) is 27.4. The average Bonchev–Trinajstić information content (AvgIpc) is 3.15. The molecule has 7 nitrogen and oxygen atoms in total. The molecule has 1 heterocycles. The number of nitrogens with one attached hydrogen (secondary N) is 2. The van der Waals surface area contributed by atoms with Gasteiger partial charge < -0.3 is 24.5 Å². The largest absolute Gasteiger partial charge is 0.493 e. The number of amides is 1. The van der Waals surface area contributed by atoms with Gasteiger partial charge in [0.1, 0.15) is 0 Å². The van der Waals surface area contributed by atoms with E-state index in [1.54, 1.807) is 12.1 Å². The van der Waals surface area contributed by atoms with Crippen molar-refractivity contribution < 1.29 is 23.8 Å². The van der Waals surface area contributed by atoms with Crippen LogP contribution in [0.3, 0.4) is 0 Å². The molecule has 0 atom stereocenters. The molecule has 29 heavy (non-hydrogen) atoms. The topological polar surface area (TPSA) is 89.6 Å². The molecule has 1 aromatic heterocycles. The van der Waals surface area contributed by atoms with Gasteiger partial charge in [-0.1, -0.05) is 18.2 Å². The molecule has 0 saturated heterocycles. The number of H-pyrrole nitrogens is 1. The fraction of sp³-hybridized carbons (Fsp3) is 0.273. The lowest BCUT2D eigenvalue weighted by atomic mass is 10.1. The third kappa shape index (κ3) is 5.07. The normalized spacial score (nSPS) is 10.6. The van der Waals surface area contributed by atoms with Gasteiger partial charge in [-0.15, -0.1) is 0 Å². The molecule has 0 aliphatic rings. The summed E-state index contributed by atoms with van der Waals surface area (Å²) in [7, 11) is 1.49. The van der Waals surface area contributed by atoms with Gasteiger partial charge >= 0.3 is 5.97 Å². The first-order valence-corrected chi connectivity index (χ1v) is 9.42. The maximum Gasteiger partial charge on any atom is 0.338 e. The van der Waals surface area contributed by atoms with Crippen LogP contribution < -0.4 is 14.8 Å². The zero-order valence-electron chi connectivity index (χ0n) is 16.5. The minimum Gasteiger partial charge on any atom is -0.493 e. The van der Waals surface area contributed by atoms with Crippen molar-refractivity contribution in [2.24, 2.45) is 0 Å². The lowest BCUT2D eigenvalue weighted by Gasteiger charge is -2.11. The van der Waals surface area contributed by atoms with Gasteiger partial charge in [-0.2, -0.15) is 0 Å².